The topological polar surface area (TPSA) is 6.48 Å². The predicted octanol–water partition coefficient (Wildman–Crippen LogP) is 15.0. The van der Waals surface area contributed by atoms with Crippen molar-refractivity contribution in [2.24, 2.45) is 0 Å². The Balaban J connectivity index is 0.00000481. The first kappa shape index (κ1) is 41.2. The number of hydrogen-bond donors (Lipinski definition) is 0. The Hall–Kier alpha value is -1.41. The van der Waals surface area contributed by atoms with E-state index in [1.54, 1.807) is 11.3 Å². The molecule has 3 saturated carbocycles. The van der Waals surface area contributed by atoms with Crippen molar-refractivity contribution in [2.75, 3.05) is 9.80 Å². The minimum Gasteiger partial charge on any atom is -0.298 e. The number of rotatable bonds is 6. The van der Waals surface area contributed by atoms with Crippen molar-refractivity contribution in [1.29, 1.82) is 0 Å². The number of thiophene rings is 1. The molecule has 2 heterocycles. The first-order valence-corrected chi connectivity index (χ1v) is 23.1. The van der Waals surface area contributed by atoms with Gasteiger partial charge in [0, 0.05) is 21.8 Å². The van der Waals surface area contributed by atoms with Crippen LogP contribution in [0.25, 0.3) is 6.08 Å². The van der Waals surface area contributed by atoms with Crippen molar-refractivity contribution in [3.63, 3.8) is 0 Å². The minimum atomic E-state index is -0.567. The van der Waals surface area contributed by atoms with E-state index in [0.717, 1.165) is 12.8 Å². The van der Waals surface area contributed by atoms with Crippen LogP contribution in [0, 0.1) is 41.5 Å². The molecule has 7 heteroatoms. The van der Waals surface area contributed by atoms with E-state index in [1.165, 1.54) is 142 Å². The van der Waals surface area contributed by atoms with Gasteiger partial charge in [-0.3, -0.25) is 9.80 Å². The molecule has 0 radical (unpaired) electrons. The molecule has 1 aromatic heterocycles. The van der Waals surface area contributed by atoms with Gasteiger partial charge in [0.2, 0.25) is 0 Å². The van der Waals surface area contributed by atoms with Crippen molar-refractivity contribution in [3.8, 4) is 0 Å². The number of halogens is 2. The maximum absolute atomic E-state index is 8.87. The number of anilines is 2. The second-order valence-corrected chi connectivity index (χ2v) is 21.9. The number of allylic oxidation sites excluding steroid dienone is 4. The number of alkyl halides is 2. The Kier molecular flexibility index (Phi) is 13.2. The molecule has 2 aromatic carbocycles. The summed E-state index contributed by atoms with van der Waals surface area (Å²) in [5.74, 6) is 1.22. The summed E-state index contributed by atoms with van der Waals surface area (Å²) in [5, 5.41) is 2.08. The van der Waals surface area contributed by atoms with Crippen molar-refractivity contribution in [2.45, 2.75) is 154 Å². The molecule has 7 rings (SSSR count). The van der Waals surface area contributed by atoms with E-state index in [4.69, 9.17) is 23.2 Å². The van der Waals surface area contributed by atoms with Crippen LogP contribution in [-0.4, -0.2) is 21.3 Å². The van der Waals surface area contributed by atoms with Gasteiger partial charge in [-0.15, -0.1) is 34.5 Å². The molecule has 0 N–H and O–H groups in total. The van der Waals surface area contributed by atoms with Crippen LogP contribution in [0.4, 0.5) is 11.4 Å². The molecule has 2 nitrogen and oxygen atoms in total. The zero-order valence-electron chi connectivity index (χ0n) is 33.2. The van der Waals surface area contributed by atoms with Gasteiger partial charge >= 0.3 is 19.5 Å². The van der Waals surface area contributed by atoms with E-state index in [-0.39, 0.29) is 24.9 Å². The van der Waals surface area contributed by atoms with Gasteiger partial charge in [-0.05, 0) is 151 Å². The molecule has 3 aromatic rings. The summed E-state index contributed by atoms with van der Waals surface area (Å²) in [4.78, 5) is 6.50. The SMILES string of the molecule is CC1=C(C)N(c2c(C)cc(C)cc2C)C(=C2C(=Cc3cccs3)C(Cl)CCC2(Cl)P(C2CCCCC2)C2CCCCC2)N1c1c(C)cc(C)cc1C.[Ru+2]. The third-order valence-corrected chi connectivity index (χ3v) is 18.6. The summed E-state index contributed by atoms with van der Waals surface area (Å²) >= 11 is 18.4. The molecule has 0 saturated heterocycles. The van der Waals surface area contributed by atoms with E-state index in [1.807, 2.05) is 0 Å². The second-order valence-electron chi connectivity index (χ2n) is 16.4. The van der Waals surface area contributed by atoms with E-state index in [2.05, 4.69) is 113 Å². The first-order valence-electron chi connectivity index (χ1n) is 20.0. The Labute approximate surface area is 349 Å². The van der Waals surface area contributed by atoms with Crippen LogP contribution >= 0.6 is 42.5 Å². The minimum absolute atomic E-state index is 0. The van der Waals surface area contributed by atoms with Crippen LogP contribution in [-0.2, 0) is 19.5 Å². The molecule has 2 atom stereocenters. The Morgan fingerprint density at radius 1 is 0.698 bits per heavy atom. The fourth-order valence-electron chi connectivity index (χ4n) is 10.4. The molecule has 4 aliphatic rings. The van der Waals surface area contributed by atoms with Crippen molar-refractivity contribution in [1.82, 2.24) is 0 Å². The van der Waals surface area contributed by atoms with Gasteiger partial charge in [0.25, 0.3) is 0 Å². The van der Waals surface area contributed by atoms with E-state index in [9.17, 15) is 0 Å². The maximum atomic E-state index is 8.87. The van der Waals surface area contributed by atoms with Crippen LogP contribution in [0.2, 0.25) is 0 Å². The average molecular weight is 875 g/mol. The quantitative estimate of drug-likeness (QED) is 0.138. The molecule has 284 valence electrons. The fourth-order valence-corrected chi connectivity index (χ4v) is 16.9. The molecule has 1 aliphatic heterocycles. The normalized spacial score (nSPS) is 24.2. The van der Waals surface area contributed by atoms with Gasteiger partial charge in [-0.25, -0.2) is 0 Å². The van der Waals surface area contributed by atoms with Crippen LogP contribution in [0.1, 0.15) is 129 Å². The van der Waals surface area contributed by atoms with Crippen molar-refractivity contribution >= 4 is 59.9 Å². The Morgan fingerprint density at radius 3 is 1.57 bits per heavy atom. The zero-order valence-corrected chi connectivity index (χ0v) is 38.2. The van der Waals surface area contributed by atoms with Crippen molar-refractivity contribution < 1.29 is 19.5 Å². The second kappa shape index (κ2) is 17.0. The third kappa shape index (κ3) is 7.82. The van der Waals surface area contributed by atoms with Crippen LogP contribution in [0.3, 0.4) is 0 Å². The van der Waals surface area contributed by atoms with Crippen LogP contribution in [0.5, 0.6) is 0 Å². The van der Waals surface area contributed by atoms with Gasteiger partial charge in [0.1, 0.15) is 5.82 Å². The summed E-state index contributed by atoms with van der Waals surface area (Å²) in [7, 11) is -0.567. The molecule has 53 heavy (non-hydrogen) atoms. The van der Waals surface area contributed by atoms with Gasteiger partial charge in [0.05, 0.1) is 21.4 Å². The Morgan fingerprint density at radius 2 is 1.15 bits per heavy atom. The van der Waals surface area contributed by atoms with Crippen LogP contribution in [0.15, 0.2) is 70.1 Å². The van der Waals surface area contributed by atoms with Gasteiger partial charge in [0.15, 0.2) is 0 Å². The smallest absolute Gasteiger partial charge is 0.298 e. The molecular formula is C46H59Cl2N2PRuS+2. The predicted molar refractivity (Wildman–Crippen MR) is 232 cm³/mol. The van der Waals surface area contributed by atoms with E-state index < -0.39 is 12.5 Å². The van der Waals surface area contributed by atoms with Gasteiger partial charge < -0.3 is 0 Å². The summed E-state index contributed by atoms with van der Waals surface area (Å²) in [6, 6.07) is 13.9. The molecule has 0 spiro atoms. The number of benzene rings is 2. The molecule has 2 unspecified atom stereocenters. The summed E-state index contributed by atoms with van der Waals surface area (Å²) < 4.78 is -0.496. The third-order valence-electron chi connectivity index (χ3n) is 12.5. The molecule has 3 aliphatic carbocycles. The summed E-state index contributed by atoms with van der Waals surface area (Å²) in [6.07, 6.45) is 17.7. The Bertz CT molecular complexity index is 1760. The fraction of sp³-hybridized carbons (Fsp3) is 0.522. The largest absolute Gasteiger partial charge is 2.00 e. The van der Waals surface area contributed by atoms with Gasteiger partial charge in [-0.1, -0.05) is 87.9 Å². The number of aryl methyl sites for hydroxylation is 6. The summed E-state index contributed by atoms with van der Waals surface area (Å²) in [6.45, 7) is 18.3. The molecule has 0 bridgehead atoms. The monoisotopic (exact) mass is 874 g/mol. The maximum Gasteiger partial charge on any atom is 2.00 e. The molecular weight excluding hydrogens is 816 g/mol. The zero-order chi connectivity index (χ0) is 36.9. The number of nitrogens with zero attached hydrogens (tertiary/aromatic N) is 2. The van der Waals surface area contributed by atoms with Crippen LogP contribution < -0.4 is 9.80 Å². The standard InChI is InChI=1S/C46H59Cl2N2PS.Ru/c1-29-24-31(3)43(32(4)25-29)49-35(7)36(8)50(44-33(5)26-30(2)27-34(44)6)45(49)42-40(28-39-20-15-23-52-39)41(47)21-22-46(42,48)51(37-16-11-9-12-17-37)38-18-13-10-14-19-38;/h15,20,23-28,37-38,41H,9-14,16-19,21-22H2,1-8H3;/q;+2. The first-order chi connectivity index (χ1) is 24.9. The van der Waals surface area contributed by atoms with Gasteiger partial charge in [-0.2, -0.15) is 0 Å². The molecule has 3 fully saturated rings. The van der Waals surface area contributed by atoms with E-state index in [0.29, 0.717) is 11.3 Å². The summed E-state index contributed by atoms with van der Waals surface area (Å²) in [5.41, 5.74) is 16.8. The van der Waals surface area contributed by atoms with E-state index >= 15 is 0 Å². The van der Waals surface area contributed by atoms with Crippen molar-refractivity contribution in [3.05, 3.63) is 108 Å². The molecule has 0 amide bonds. The average Bonchev–Trinajstić information content (AvgIpc) is 3.70. The number of hydrogen-bond acceptors (Lipinski definition) is 3.